The normalized spacial score (nSPS) is 14.1. The van der Waals surface area contributed by atoms with Gasteiger partial charge in [-0.1, -0.05) is 18.2 Å². The van der Waals surface area contributed by atoms with Gasteiger partial charge in [0.05, 0.1) is 12.0 Å². The Morgan fingerprint density at radius 2 is 1.84 bits per heavy atom. The molecule has 1 aromatic carbocycles. The summed E-state index contributed by atoms with van der Waals surface area (Å²) < 4.78 is 27.4. The van der Waals surface area contributed by atoms with Crippen molar-refractivity contribution < 1.29 is 13.2 Å². The smallest absolute Gasteiger partial charge is 0.271 e. The van der Waals surface area contributed by atoms with Crippen LogP contribution in [0.4, 0.5) is 11.5 Å². The van der Waals surface area contributed by atoms with Gasteiger partial charge in [0, 0.05) is 38.1 Å². The third kappa shape index (κ3) is 4.90. The Hall–Kier alpha value is -3.42. The number of nitrogens with one attached hydrogen (secondary N) is 1. The topological polar surface area (TPSA) is 106 Å². The molecule has 1 aliphatic heterocycles. The Bertz CT molecular complexity index is 1230. The third-order valence-electron chi connectivity index (χ3n) is 5.16. The number of carbonyl (C=O) groups excluding carboxylic acids is 1. The maximum Gasteiger partial charge on any atom is 0.271 e. The number of nitrogens with zero attached hydrogens (tertiary/aromatic N) is 4. The fourth-order valence-corrected chi connectivity index (χ4v) is 5.55. The first-order chi connectivity index (χ1) is 15.5. The summed E-state index contributed by atoms with van der Waals surface area (Å²) in [5, 5.41) is 11.0. The fourth-order valence-electron chi connectivity index (χ4n) is 3.50. The van der Waals surface area contributed by atoms with E-state index in [0.29, 0.717) is 43.2 Å². The first-order valence-corrected chi connectivity index (χ1v) is 12.4. The van der Waals surface area contributed by atoms with E-state index in [-0.39, 0.29) is 16.5 Å². The molecule has 1 aliphatic rings. The lowest BCUT2D eigenvalue weighted by Crippen LogP contribution is -2.49. The van der Waals surface area contributed by atoms with Gasteiger partial charge in [-0.15, -0.1) is 11.3 Å². The molecule has 1 N–H and O–H groups in total. The van der Waals surface area contributed by atoms with Crippen molar-refractivity contribution in [2.45, 2.75) is 10.6 Å². The highest BCUT2D eigenvalue weighted by atomic mass is 32.2. The number of carbonyl (C=O) groups is 1. The highest BCUT2D eigenvalue weighted by Crippen LogP contribution is 2.21. The second-order valence-corrected chi connectivity index (χ2v) is 10.1. The van der Waals surface area contributed by atoms with Crippen LogP contribution in [-0.4, -0.2) is 50.4 Å². The SMILES string of the molecule is N#Cc1cccnc1N1CCN(C(=O)Cc2ccc(NS(=O)(=O)c3cccs3)cc2)CC1. The van der Waals surface area contributed by atoms with Crippen LogP contribution in [0.5, 0.6) is 0 Å². The van der Waals surface area contributed by atoms with E-state index in [4.69, 9.17) is 0 Å². The molecule has 0 bridgehead atoms. The minimum absolute atomic E-state index is 0.0121. The molecular weight excluding hydrogens is 446 g/mol. The molecule has 1 saturated heterocycles. The number of hydrogen-bond donors (Lipinski definition) is 1. The molecule has 0 saturated carbocycles. The first kappa shape index (κ1) is 21.8. The van der Waals surface area contributed by atoms with Crippen molar-refractivity contribution in [3.63, 3.8) is 0 Å². The van der Waals surface area contributed by atoms with E-state index in [9.17, 15) is 18.5 Å². The largest absolute Gasteiger partial charge is 0.352 e. The minimum atomic E-state index is -3.59. The van der Waals surface area contributed by atoms with E-state index in [2.05, 4.69) is 15.8 Å². The van der Waals surface area contributed by atoms with Crippen LogP contribution in [0, 0.1) is 11.3 Å². The van der Waals surface area contributed by atoms with Crippen molar-refractivity contribution in [1.29, 1.82) is 5.26 Å². The molecule has 0 atom stereocenters. The number of hydrogen-bond acceptors (Lipinski definition) is 7. The van der Waals surface area contributed by atoms with E-state index in [1.165, 1.54) is 0 Å². The number of benzene rings is 1. The van der Waals surface area contributed by atoms with Crippen LogP contribution in [0.1, 0.15) is 11.1 Å². The summed E-state index contributed by atoms with van der Waals surface area (Å²) in [4.78, 5) is 20.9. The first-order valence-electron chi connectivity index (χ1n) is 9.99. The van der Waals surface area contributed by atoms with Crippen molar-refractivity contribution >= 4 is 38.8 Å². The molecule has 0 spiro atoms. The van der Waals surface area contributed by atoms with E-state index < -0.39 is 10.0 Å². The van der Waals surface area contributed by atoms with Gasteiger partial charge >= 0.3 is 0 Å². The molecule has 8 nitrogen and oxygen atoms in total. The van der Waals surface area contributed by atoms with Crippen molar-refractivity contribution in [2.75, 3.05) is 35.8 Å². The lowest BCUT2D eigenvalue weighted by Gasteiger charge is -2.35. The monoisotopic (exact) mass is 467 g/mol. The molecule has 1 fully saturated rings. The lowest BCUT2D eigenvalue weighted by molar-refractivity contribution is -0.130. The summed E-state index contributed by atoms with van der Waals surface area (Å²) in [5.74, 6) is 0.667. The van der Waals surface area contributed by atoms with Gasteiger partial charge in [0.1, 0.15) is 16.1 Å². The molecule has 3 heterocycles. The second kappa shape index (κ2) is 9.38. The number of piperazine rings is 1. The molecule has 0 aliphatic carbocycles. The lowest BCUT2D eigenvalue weighted by atomic mass is 10.1. The Morgan fingerprint density at radius 1 is 1.09 bits per heavy atom. The number of aromatic nitrogens is 1. The summed E-state index contributed by atoms with van der Waals surface area (Å²) in [6.45, 7) is 2.33. The summed E-state index contributed by atoms with van der Waals surface area (Å²) in [6, 6.07) is 15.7. The van der Waals surface area contributed by atoms with E-state index in [1.807, 2.05) is 4.90 Å². The number of sulfonamides is 1. The molecule has 0 unspecified atom stereocenters. The maximum atomic E-state index is 12.7. The van der Waals surface area contributed by atoms with Crippen LogP contribution < -0.4 is 9.62 Å². The van der Waals surface area contributed by atoms with Crippen LogP contribution >= 0.6 is 11.3 Å². The van der Waals surface area contributed by atoms with Gasteiger partial charge in [0.25, 0.3) is 10.0 Å². The molecular formula is C22H21N5O3S2. The molecule has 0 radical (unpaired) electrons. The predicted molar refractivity (Wildman–Crippen MR) is 123 cm³/mol. The Kier molecular flexibility index (Phi) is 6.39. The Labute approximate surface area is 190 Å². The van der Waals surface area contributed by atoms with Gasteiger partial charge < -0.3 is 9.80 Å². The van der Waals surface area contributed by atoms with Gasteiger partial charge in [-0.3, -0.25) is 9.52 Å². The molecule has 164 valence electrons. The van der Waals surface area contributed by atoms with Crippen LogP contribution in [0.3, 0.4) is 0 Å². The fraction of sp³-hybridized carbons (Fsp3) is 0.227. The van der Waals surface area contributed by atoms with E-state index in [1.54, 1.807) is 65.0 Å². The minimum Gasteiger partial charge on any atom is -0.352 e. The number of thiophene rings is 1. The van der Waals surface area contributed by atoms with Crippen molar-refractivity contribution in [3.05, 3.63) is 71.2 Å². The molecule has 4 rings (SSSR count). The highest BCUT2D eigenvalue weighted by molar-refractivity contribution is 7.94. The van der Waals surface area contributed by atoms with Gasteiger partial charge in [0.15, 0.2) is 0 Å². The molecule has 1 amide bonds. The number of anilines is 2. The molecule has 2 aromatic heterocycles. The number of nitriles is 1. The van der Waals surface area contributed by atoms with Gasteiger partial charge in [-0.05, 0) is 41.3 Å². The zero-order valence-electron chi connectivity index (χ0n) is 17.1. The zero-order valence-corrected chi connectivity index (χ0v) is 18.8. The van der Waals surface area contributed by atoms with E-state index in [0.717, 1.165) is 16.9 Å². The van der Waals surface area contributed by atoms with Crippen LogP contribution in [0.2, 0.25) is 0 Å². The standard InChI is InChI=1S/C22H21N5O3S2/c23-16-18-3-1-9-24-22(18)27-12-10-26(11-13-27)20(28)15-17-5-7-19(8-6-17)25-32(29,30)21-4-2-14-31-21/h1-9,14,25H,10-13,15H2. The van der Waals surface area contributed by atoms with Gasteiger partial charge in [-0.2, -0.15) is 5.26 Å². The molecule has 10 heteroatoms. The van der Waals surface area contributed by atoms with Gasteiger partial charge in [-0.25, -0.2) is 13.4 Å². The Balaban J connectivity index is 1.32. The average molecular weight is 468 g/mol. The third-order valence-corrected chi connectivity index (χ3v) is 7.94. The zero-order chi connectivity index (χ0) is 22.6. The average Bonchev–Trinajstić information content (AvgIpc) is 3.36. The van der Waals surface area contributed by atoms with Crippen molar-refractivity contribution in [2.24, 2.45) is 0 Å². The van der Waals surface area contributed by atoms with Crippen LogP contribution in [-0.2, 0) is 21.2 Å². The quantitative estimate of drug-likeness (QED) is 0.597. The van der Waals surface area contributed by atoms with Crippen molar-refractivity contribution in [1.82, 2.24) is 9.88 Å². The van der Waals surface area contributed by atoms with Crippen molar-refractivity contribution in [3.8, 4) is 6.07 Å². The number of pyridine rings is 1. The summed E-state index contributed by atoms with van der Waals surface area (Å²) >= 11 is 1.15. The van der Waals surface area contributed by atoms with Crippen LogP contribution in [0.15, 0.2) is 64.3 Å². The predicted octanol–water partition coefficient (Wildman–Crippen LogP) is 2.71. The number of rotatable bonds is 6. The summed E-state index contributed by atoms with van der Waals surface area (Å²) in [7, 11) is -3.59. The van der Waals surface area contributed by atoms with Gasteiger partial charge in [0.2, 0.25) is 5.91 Å². The second-order valence-electron chi connectivity index (χ2n) is 7.27. The summed E-state index contributed by atoms with van der Waals surface area (Å²) in [6.07, 6.45) is 1.91. The molecule has 3 aromatic rings. The summed E-state index contributed by atoms with van der Waals surface area (Å²) in [5.41, 5.74) is 1.79. The maximum absolute atomic E-state index is 12.7. The number of amides is 1. The van der Waals surface area contributed by atoms with Crippen LogP contribution in [0.25, 0.3) is 0 Å². The van der Waals surface area contributed by atoms with E-state index >= 15 is 0 Å². The molecule has 32 heavy (non-hydrogen) atoms. The Morgan fingerprint density at radius 3 is 2.50 bits per heavy atom. The highest BCUT2D eigenvalue weighted by Gasteiger charge is 2.23.